The summed E-state index contributed by atoms with van der Waals surface area (Å²) in [6.07, 6.45) is 1.50. The van der Waals surface area contributed by atoms with Gasteiger partial charge in [0.2, 0.25) is 5.91 Å². The van der Waals surface area contributed by atoms with Gasteiger partial charge in [-0.15, -0.1) is 0 Å². The van der Waals surface area contributed by atoms with Crippen LogP contribution in [0.25, 0.3) is 10.2 Å². The highest BCUT2D eigenvalue weighted by Crippen LogP contribution is 2.29. The van der Waals surface area contributed by atoms with E-state index in [2.05, 4.69) is 10.3 Å². The molecule has 1 fully saturated rings. The van der Waals surface area contributed by atoms with E-state index in [9.17, 15) is 9.59 Å². The fourth-order valence-electron chi connectivity index (χ4n) is 3.09. The molecule has 1 saturated heterocycles. The van der Waals surface area contributed by atoms with E-state index in [-0.39, 0.29) is 17.7 Å². The summed E-state index contributed by atoms with van der Waals surface area (Å²) >= 11 is 1.44. The molecule has 0 spiro atoms. The van der Waals surface area contributed by atoms with Gasteiger partial charge in [-0.1, -0.05) is 11.3 Å². The van der Waals surface area contributed by atoms with E-state index in [0.29, 0.717) is 18.3 Å². The summed E-state index contributed by atoms with van der Waals surface area (Å²) in [6, 6.07) is 5.71. The zero-order valence-electron chi connectivity index (χ0n) is 14.2. The highest BCUT2D eigenvalue weighted by molar-refractivity contribution is 7.22. The third-order valence-corrected chi connectivity index (χ3v) is 5.36. The smallest absolute Gasteiger partial charge is 0.281 e. The average Bonchev–Trinajstić information content (AvgIpc) is 2.96. The minimum atomic E-state index is -0.232. The van der Waals surface area contributed by atoms with E-state index in [4.69, 9.17) is 10.5 Å². The van der Waals surface area contributed by atoms with Crippen LogP contribution in [-0.4, -0.2) is 43.0 Å². The van der Waals surface area contributed by atoms with E-state index < -0.39 is 0 Å². The van der Waals surface area contributed by atoms with Gasteiger partial charge in [-0.2, -0.15) is 0 Å². The van der Waals surface area contributed by atoms with Crippen LogP contribution in [0.1, 0.15) is 19.8 Å². The van der Waals surface area contributed by atoms with Gasteiger partial charge in [0, 0.05) is 18.8 Å². The van der Waals surface area contributed by atoms with E-state index in [0.717, 1.165) is 41.9 Å². The topological polar surface area (TPSA) is 98.8 Å². The van der Waals surface area contributed by atoms with Crippen LogP contribution in [-0.2, 0) is 9.59 Å². The van der Waals surface area contributed by atoms with Crippen LogP contribution >= 0.6 is 11.3 Å². The van der Waals surface area contributed by atoms with Crippen LogP contribution in [0.15, 0.2) is 18.2 Å². The Morgan fingerprint density at radius 1 is 1.40 bits per heavy atom. The van der Waals surface area contributed by atoms with Crippen molar-refractivity contribution in [2.24, 2.45) is 11.7 Å². The molecule has 0 saturated carbocycles. The van der Waals surface area contributed by atoms with Gasteiger partial charge in [0.25, 0.3) is 5.91 Å². The number of fused-ring (bicyclic) bond motifs is 1. The van der Waals surface area contributed by atoms with E-state index in [1.807, 2.05) is 25.1 Å². The summed E-state index contributed by atoms with van der Waals surface area (Å²) in [7, 11) is 0. The number of quaternary nitrogens is 1. The number of nitrogens with one attached hydrogen (secondary N) is 2. The predicted molar refractivity (Wildman–Crippen MR) is 96.9 cm³/mol. The molecule has 1 aliphatic heterocycles. The van der Waals surface area contributed by atoms with Crippen molar-refractivity contribution in [3.8, 4) is 5.75 Å². The minimum absolute atomic E-state index is 0.0457. The molecule has 2 heterocycles. The standard InChI is InChI=1S/C17H22N4O3S/c1-2-24-12-3-4-13-14(9-12)25-17(19-13)20-15(22)10-21-7-5-11(6-8-21)16(18)23/h3-4,9,11H,2,5-8,10H2,1H3,(H2,18,23)(H,19,20,22)/p+1. The number of thiazole rings is 1. The number of nitrogens with zero attached hydrogens (tertiary/aromatic N) is 1. The molecule has 3 rings (SSSR count). The van der Waals surface area contributed by atoms with Crippen LogP contribution in [0, 0.1) is 5.92 Å². The average molecular weight is 363 g/mol. The Morgan fingerprint density at radius 3 is 2.84 bits per heavy atom. The molecular formula is C17H23N4O3S+. The van der Waals surface area contributed by atoms with Crippen LogP contribution in [0.4, 0.5) is 5.13 Å². The second-order valence-corrected chi connectivity index (χ2v) is 7.26. The Morgan fingerprint density at radius 2 is 2.16 bits per heavy atom. The Hall–Kier alpha value is -2.19. The largest absolute Gasteiger partial charge is 0.494 e. The number of likely N-dealkylation sites (tertiary alicyclic amines) is 1. The van der Waals surface area contributed by atoms with Gasteiger partial charge in [-0.05, 0) is 25.1 Å². The monoisotopic (exact) mass is 363 g/mol. The second-order valence-electron chi connectivity index (χ2n) is 6.23. The first-order chi connectivity index (χ1) is 12.0. The van der Waals surface area contributed by atoms with Gasteiger partial charge in [-0.25, -0.2) is 4.98 Å². The number of aromatic nitrogens is 1. The molecule has 0 bridgehead atoms. The van der Waals surface area contributed by atoms with Crippen molar-refractivity contribution in [1.29, 1.82) is 0 Å². The molecule has 0 radical (unpaired) electrons. The molecule has 2 amide bonds. The van der Waals surface area contributed by atoms with Gasteiger partial charge in [0.1, 0.15) is 5.75 Å². The maximum absolute atomic E-state index is 12.3. The van der Waals surface area contributed by atoms with Crippen LogP contribution in [0.3, 0.4) is 0 Å². The molecule has 1 aromatic heterocycles. The normalized spacial score (nSPS) is 20.4. The van der Waals surface area contributed by atoms with Crippen molar-refractivity contribution >= 4 is 38.5 Å². The van der Waals surface area contributed by atoms with Crippen LogP contribution in [0.5, 0.6) is 5.75 Å². The number of rotatable bonds is 6. The first kappa shape index (κ1) is 17.6. The molecule has 0 atom stereocenters. The number of carbonyl (C=O) groups excluding carboxylic acids is 2. The van der Waals surface area contributed by atoms with Crippen molar-refractivity contribution in [2.45, 2.75) is 19.8 Å². The van der Waals surface area contributed by atoms with Crippen LogP contribution in [0.2, 0.25) is 0 Å². The fourth-order valence-corrected chi connectivity index (χ4v) is 4.00. The quantitative estimate of drug-likeness (QED) is 0.692. The zero-order valence-corrected chi connectivity index (χ0v) is 15.0. The third-order valence-electron chi connectivity index (χ3n) is 4.42. The summed E-state index contributed by atoms with van der Waals surface area (Å²) in [4.78, 5) is 29.1. The van der Waals surface area contributed by atoms with Crippen molar-refractivity contribution in [1.82, 2.24) is 4.98 Å². The number of hydrogen-bond acceptors (Lipinski definition) is 5. The molecule has 2 aromatic rings. The number of primary amides is 1. The summed E-state index contributed by atoms with van der Waals surface area (Å²) in [6.45, 7) is 4.52. The molecule has 0 aliphatic carbocycles. The lowest BCUT2D eigenvalue weighted by Crippen LogP contribution is -3.14. The Labute approximate surface area is 150 Å². The second kappa shape index (κ2) is 7.79. The molecule has 8 heteroatoms. The molecular weight excluding hydrogens is 340 g/mol. The maximum Gasteiger partial charge on any atom is 0.281 e. The van der Waals surface area contributed by atoms with Crippen LogP contribution < -0.4 is 20.7 Å². The Balaban J connectivity index is 1.56. The predicted octanol–water partition coefficient (Wildman–Crippen LogP) is 0.414. The van der Waals surface area contributed by atoms with Crippen molar-refractivity contribution in [3.63, 3.8) is 0 Å². The molecule has 0 unspecified atom stereocenters. The molecule has 25 heavy (non-hydrogen) atoms. The summed E-state index contributed by atoms with van der Waals surface area (Å²) in [5.74, 6) is 0.468. The molecule has 4 N–H and O–H groups in total. The zero-order chi connectivity index (χ0) is 17.8. The van der Waals surface area contributed by atoms with Gasteiger partial charge < -0.3 is 15.4 Å². The summed E-state index contributed by atoms with van der Waals surface area (Å²) in [5, 5.41) is 3.48. The van der Waals surface area contributed by atoms with E-state index in [1.54, 1.807) is 0 Å². The summed E-state index contributed by atoms with van der Waals surface area (Å²) < 4.78 is 6.47. The number of piperidine rings is 1. The molecule has 7 nitrogen and oxygen atoms in total. The Kier molecular flexibility index (Phi) is 5.50. The number of carbonyl (C=O) groups is 2. The highest BCUT2D eigenvalue weighted by atomic mass is 32.1. The number of nitrogens with two attached hydrogens (primary N) is 1. The summed E-state index contributed by atoms with van der Waals surface area (Å²) in [5.41, 5.74) is 6.18. The fraction of sp³-hybridized carbons (Fsp3) is 0.471. The SMILES string of the molecule is CCOc1ccc2nc(NC(=O)C[NH+]3CCC(C(N)=O)CC3)sc2c1. The maximum atomic E-state index is 12.3. The molecule has 134 valence electrons. The van der Waals surface area contributed by atoms with E-state index in [1.165, 1.54) is 16.2 Å². The van der Waals surface area contributed by atoms with Gasteiger partial charge >= 0.3 is 0 Å². The lowest BCUT2D eigenvalue weighted by atomic mass is 9.96. The number of ether oxygens (including phenoxy) is 1. The van der Waals surface area contributed by atoms with Gasteiger partial charge in [0.15, 0.2) is 11.7 Å². The Bertz CT molecular complexity index is 768. The number of amides is 2. The molecule has 1 aromatic carbocycles. The minimum Gasteiger partial charge on any atom is -0.494 e. The lowest BCUT2D eigenvalue weighted by Gasteiger charge is -2.26. The first-order valence-corrected chi connectivity index (χ1v) is 9.33. The highest BCUT2D eigenvalue weighted by Gasteiger charge is 2.27. The first-order valence-electron chi connectivity index (χ1n) is 8.51. The lowest BCUT2D eigenvalue weighted by molar-refractivity contribution is -0.897. The van der Waals surface area contributed by atoms with Crippen molar-refractivity contribution in [2.75, 3.05) is 31.6 Å². The van der Waals surface area contributed by atoms with Gasteiger partial charge in [0.05, 0.1) is 29.9 Å². The molecule has 1 aliphatic rings. The van der Waals surface area contributed by atoms with E-state index >= 15 is 0 Å². The number of anilines is 1. The van der Waals surface area contributed by atoms with Crippen molar-refractivity contribution in [3.05, 3.63) is 18.2 Å². The van der Waals surface area contributed by atoms with Gasteiger partial charge in [-0.3, -0.25) is 14.9 Å². The van der Waals surface area contributed by atoms with Crippen molar-refractivity contribution < 1.29 is 19.2 Å². The number of benzene rings is 1. The number of hydrogen-bond donors (Lipinski definition) is 3. The third kappa shape index (κ3) is 4.46.